The van der Waals surface area contributed by atoms with E-state index in [-0.39, 0.29) is 18.1 Å². The second kappa shape index (κ2) is 8.68. The van der Waals surface area contributed by atoms with Gasteiger partial charge in [0.2, 0.25) is 5.91 Å². The van der Waals surface area contributed by atoms with Gasteiger partial charge in [0.05, 0.1) is 30.1 Å². The summed E-state index contributed by atoms with van der Waals surface area (Å²) in [6, 6.07) is 12.3. The zero-order valence-corrected chi connectivity index (χ0v) is 18.8. The fourth-order valence-electron chi connectivity index (χ4n) is 3.69. The quantitative estimate of drug-likeness (QED) is 0.591. The van der Waals surface area contributed by atoms with Crippen molar-refractivity contribution in [1.82, 2.24) is 14.7 Å². The monoisotopic (exact) mass is 471 g/mol. The number of carbonyl (C=O) groups excluding carboxylic acids is 1. The number of nitrogens with zero attached hydrogens (tertiary/aromatic N) is 3. The number of halogens is 2. The Morgan fingerprint density at radius 1 is 1.12 bits per heavy atom. The molecule has 2 aromatic carbocycles. The van der Waals surface area contributed by atoms with Crippen LogP contribution in [0.15, 0.2) is 42.5 Å². The highest BCUT2D eigenvalue weighted by molar-refractivity contribution is 6.35. The van der Waals surface area contributed by atoms with Crippen LogP contribution in [0.1, 0.15) is 34.2 Å². The molecular weight excluding hydrogens is 453 g/mol. The first kappa shape index (κ1) is 21.9. The Hall–Kier alpha value is -3.29. The molecule has 3 aromatic rings. The fraction of sp³-hybridized carbons (Fsp3) is 0.174. The van der Waals surface area contributed by atoms with Crippen molar-refractivity contribution in [3.05, 3.63) is 75.0 Å². The topological polar surface area (TPSA) is 84.7 Å². The molecule has 0 bridgehead atoms. The first-order valence-corrected chi connectivity index (χ1v) is 10.4. The summed E-state index contributed by atoms with van der Waals surface area (Å²) in [6.45, 7) is 1.89. The number of aromatic nitrogens is 2. The lowest BCUT2D eigenvalue weighted by Gasteiger charge is -2.29. The van der Waals surface area contributed by atoms with Crippen molar-refractivity contribution in [1.29, 1.82) is 0 Å². The smallest absolute Gasteiger partial charge is 0.356 e. The van der Waals surface area contributed by atoms with Gasteiger partial charge in [-0.25, -0.2) is 9.48 Å². The molecule has 9 heteroatoms. The Labute approximate surface area is 194 Å². The number of amides is 1. The van der Waals surface area contributed by atoms with Crippen LogP contribution in [0.25, 0.3) is 17.3 Å². The van der Waals surface area contributed by atoms with E-state index in [9.17, 15) is 14.7 Å². The molecule has 0 saturated heterocycles. The molecule has 7 nitrogen and oxygen atoms in total. The average Bonchev–Trinajstić information content (AvgIpc) is 3.14. The lowest BCUT2D eigenvalue weighted by Crippen LogP contribution is -2.34. The molecule has 1 aliphatic rings. The van der Waals surface area contributed by atoms with Crippen LogP contribution in [0.3, 0.4) is 0 Å². The third-order valence-corrected chi connectivity index (χ3v) is 5.78. The number of ether oxygens (including phenoxy) is 1. The van der Waals surface area contributed by atoms with Crippen LogP contribution in [0, 0.1) is 0 Å². The molecule has 1 aliphatic heterocycles. The number of rotatable bonds is 4. The Balaban J connectivity index is 1.96. The van der Waals surface area contributed by atoms with Crippen molar-refractivity contribution in [2.24, 2.45) is 0 Å². The number of methoxy groups -OCH3 is 1. The number of hydrogen-bond acceptors (Lipinski definition) is 4. The fourth-order valence-corrected chi connectivity index (χ4v) is 4.18. The highest BCUT2D eigenvalue weighted by Gasteiger charge is 2.33. The Kier molecular flexibility index (Phi) is 5.95. The molecule has 164 valence electrons. The van der Waals surface area contributed by atoms with Gasteiger partial charge in [0.15, 0.2) is 5.69 Å². The van der Waals surface area contributed by atoms with E-state index in [0.29, 0.717) is 39.3 Å². The number of benzene rings is 2. The van der Waals surface area contributed by atoms with Crippen molar-refractivity contribution in [3.8, 4) is 11.4 Å². The Morgan fingerprint density at radius 2 is 1.84 bits per heavy atom. The second-order valence-electron chi connectivity index (χ2n) is 7.31. The van der Waals surface area contributed by atoms with E-state index >= 15 is 0 Å². The van der Waals surface area contributed by atoms with Gasteiger partial charge in [-0.3, -0.25) is 4.79 Å². The number of fused-ring (bicyclic) bond motifs is 1. The number of carbonyl (C=O) groups is 2. The van der Waals surface area contributed by atoms with Crippen LogP contribution in [-0.4, -0.2) is 45.3 Å². The summed E-state index contributed by atoms with van der Waals surface area (Å²) in [6.07, 6.45) is 1.90. The van der Waals surface area contributed by atoms with Crippen molar-refractivity contribution in [2.45, 2.75) is 13.5 Å². The Bertz CT molecular complexity index is 1250. The minimum atomic E-state index is -1.18. The summed E-state index contributed by atoms with van der Waals surface area (Å²) in [5.74, 6) is -0.628. The predicted molar refractivity (Wildman–Crippen MR) is 122 cm³/mol. The molecule has 0 saturated carbocycles. The third kappa shape index (κ3) is 4.09. The molecule has 1 aromatic heterocycles. The van der Waals surface area contributed by atoms with Gasteiger partial charge < -0.3 is 14.7 Å². The molecule has 32 heavy (non-hydrogen) atoms. The minimum absolute atomic E-state index is 0.127. The first-order chi connectivity index (χ1) is 15.3. The highest BCUT2D eigenvalue weighted by atomic mass is 35.5. The van der Waals surface area contributed by atoms with Crippen molar-refractivity contribution >= 4 is 46.7 Å². The van der Waals surface area contributed by atoms with Gasteiger partial charge in [0, 0.05) is 24.1 Å². The van der Waals surface area contributed by atoms with E-state index in [4.69, 9.17) is 27.9 Å². The van der Waals surface area contributed by atoms with E-state index in [2.05, 4.69) is 5.10 Å². The number of aromatic carboxylic acids is 1. The zero-order chi connectivity index (χ0) is 23.0. The third-order valence-electron chi connectivity index (χ3n) is 5.24. The standard InChI is InChI=1S/C23H19Cl2N3O4/c1-13(29)27-11-15(9-14-3-6-17(32-2)7-4-14)22-18(12-27)21(23(30)31)26-28(22)20-8-5-16(24)10-19(20)25/h3-10H,11-12H2,1-2H3,(H,30,31). The zero-order valence-electron chi connectivity index (χ0n) is 17.3. The average molecular weight is 472 g/mol. The van der Waals surface area contributed by atoms with E-state index in [1.807, 2.05) is 30.3 Å². The van der Waals surface area contributed by atoms with Gasteiger partial charge in [0.1, 0.15) is 5.75 Å². The summed E-state index contributed by atoms with van der Waals surface area (Å²) >= 11 is 12.5. The summed E-state index contributed by atoms with van der Waals surface area (Å²) < 4.78 is 6.73. The van der Waals surface area contributed by atoms with Crippen LogP contribution < -0.4 is 4.74 Å². The van der Waals surface area contributed by atoms with Gasteiger partial charge in [-0.05, 0) is 47.5 Å². The van der Waals surface area contributed by atoms with Gasteiger partial charge >= 0.3 is 5.97 Å². The summed E-state index contributed by atoms with van der Waals surface area (Å²) in [4.78, 5) is 25.8. The summed E-state index contributed by atoms with van der Waals surface area (Å²) in [7, 11) is 1.59. The number of carboxylic acids is 1. The maximum absolute atomic E-state index is 12.2. The second-order valence-corrected chi connectivity index (χ2v) is 8.15. The van der Waals surface area contributed by atoms with Gasteiger partial charge in [0.25, 0.3) is 0 Å². The van der Waals surface area contributed by atoms with Crippen LogP contribution in [-0.2, 0) is 11.3 Å². The molecule has 0 fully saturated rings. The van der Waals surface area contributed by atoms with E-state index in [0.717, 1.165) is 11.1 Å². The van der Waals surface area contributed by atoms with E-state index in [1.165, 1.54) is 11.6 Å². The van der Waals surface area contributed by atoms with Gasteiger partial charge in [-0.2, -0.15) is 5.10 Å². The molecule has 2 heterocycles. The molecule has 4 rings (SSSR count). The molecule has 0 atom stereocenters. The molecule has 0 spiro atoms. The Morgan fingerprint density at radius 3 is 2.44 bits per heavy atom. The normalized spacial score (nSPS) is 14.4. The lowest BCUT2D eigenvalue weighted by atomic mass is 9.97. The van der Waals surface area contributed by atoms with Crippen molar-refractivity contribution < 1.29 is 19.4 Å². The van der Waals surface area contributed by atoms with Crippen molar-refractivity contribution in [3.63, 3.8) is 0 Å². The number of hydrogen-bond donors (Lipinski definition) is 1. The van der Waals surface area contributed by atoms with Crippen LogP contribution in [0.5, 0.6) is 5.75 Å². The summed E-state index contributed by atoms with van der Waals surface area (Å²) in [5.41, 5.74) is 3.01. The van der Waals surface area contributed by atoms with Gasteiger partial charge in [-0.1, -0.05) is 35.3 Å². The predicted octanol–water partition coefficient (Wildman–Crippen LogP) is 4.79. The van der Waals surface area contributed by atoms with E-state index < -0.39 is 5.97 Å². The highest BCUT2D eigenvalue weighted by Crippen LogP contribution is 2.36. The molecule has 0 unspecified atom stereocenters. The van der Waals surface area contributed by atoms with E-state index in [1.54, 1.807) is 30.2 Å². The molecule has 1 amide bonds. The van der Waals surface area contributed by atoms with Crippen LogP contribution in [0.2, 0.25) is 10.0 Å². The van der Waals surface area contributed by atoms with Crippen LogP contribution >= 0.6 is 23.2 Å². The first-order valence-electron chi connectivity index (χ1n) is 9.69. The minimum Gasteiger partial charge on any atom is -0.497 e. The SMILES string of the molecule is COc1ccc(C=C2CN(C(C)=O)Cc3c(C(=O)O)nn(-c4ccc(Cl)cc4Cl)c32)cc1. The summed E-state index contributed by atoms with van der Waals surface area (Å²) in [5, 5.41) is 14.9. The number of carboxylic acid groups (broad SMARTS) is 1. The largest absolute Gasteiger partial charge is 0.497 e. The molecular formula is C23H19Cl2N3O4. The molecule has 0 aliphatic carbocycles. The van der Waals surface area contributed by atoms with Gasteiger partial charge in [-0.15, -0.1) is 0 Å². The maximum Gasteiger partial charge on any atom is 0.356 e. The lowest BCUT2D eigenvalue weighted by molar-refractivity contribution is -0.128. The van der Waals surface area contributed by atoms with Crippen LogP contribution in [0.4, 0.5) is 0 Å². The maximum atomic E-state index is 12.2. The van der Waals surface area contributed by atoms with Crippen molar-refractivity contribution in [2.75, 3.05) is 13.7 Å². The molecule has 0 radical (unpaired) electrons. The molecule has 1 N–H and O–H groups in total.